The zero-order valence-corrected chi connectivity index (χ0v) is 14.1. The van der Waals surface area contributed by atoms with Gasteiger partial charge in [0, 0.05) is 30.9 Å². The third-order valence-electron chi connectivity index (χ3n) is 4.34. The number of nitrogens with two attached hydrogens (primary N) is 1. The molecule has 2 aromatic heterocycles. The lowest BCUT2D eigenvalue weighted by atomic mass is 10.2. The van der Waals surface area contributed by atoms with Gasteiger partial charge in [-0.15, -0.1) is 0 Å². The van der Waals surface area contributed by atoms with E-state index >= 15 is 0 Å². The highest BCUT2D eigenvalue weighted by Crippen LogP contribution is 2.31. The van der Waals surface area contributed by atoms with Crippen LogP contribution in [-0.4, -0.2) is 40.1 Å². The Balaban J connectivity index is 0.00000196. The summed E-state index contributed by atoms with van der Waals surface area (Å²) in [4.78, 5) is 25.4. The van der Waals surface area contributed by atoms with Gasteiger partial charge in [0.1, 0.15) is 11.6 Å². The number of fused-ring (bicyclic) bond motifs is 1. The Morgan fingerprint density at radius 3 is 2.96 bits per heavy atom. The number of urea groups is 1. The molecule has 1 aliphatic rings. The van der Waals surface area contributed by atoms with E-state index in [0.717, 1.165) is 35.4 Å². The number of nitrogens with one attached hydrogen (secondary N) is 2. The molecule has 4 rings (SSSR count). The van der Waals surface area contributed by atoms with E-state index in [-0.39, 0.29) is 13.5 Å². The van der Waals surface area contributed by atoms with Crippen molar-refractivity contribution in [3.05, 3.63) is 41.6 Å². The van der Waals surface area contributed by atoms with E-state index in [9.17, 15) is 4.79 Å². The maximum atomic E-state index is 11.0. The SMILES string of the molecule is C.NC(=O)NC1CCN(c2cc(-c3nc4ccccc4[nH]3)c(Cl)cn2)C1. The van der Waals surface area contributed by atoms with Crippen molar-refractivity contribution in [2.45, 2.75) is 19.9 Å². The summed E-state index contributed by atoms with van der Waals surface area (Å²) < 4.78 is 0. The first-order valence-corrected chi connectivity index (χ1v) is 8.39. The summed E-state index contributed by atoms with van der Waals surface area (Å²) in [6, 6.07) is 9.28. The third kappa shape index (κ3) is 3.43. The van der Waals surface area contributed by atoms with E-state index in [2.05, 4.69) is 25.2 Å². The minimum atomic E-state index is -0.501. The number of amides is 2. The maximum Gasteiger partial charge on any atom is 0.312 e. The molecule has 1 unspecified atom stereocenters. The first-order chi connectivity index (χ1) is 12.1. The molecular weight excluding hydrogens is 352 g/mol. The normalized spacial score (nSPS) is 16.5. The van der Waals surface area contributed by atoms with Gasteiger partial charge in [-0.2, -0.15) is 0 Å². The molecule has 8 heteroatoms. The van der Waals surface area contributed by atoms with Gasteiger partial charge in [-0.1, -0.05) is 31.2 Å². The molecule has 7 nitrogen and oxygen atoms in total. The second-order valence-corrected chi connectivity index (χ2v) is 6.47. The van der Waals surface area contributed by atoms with Crippen LogP contribution in [0.15, 0.2) is 36.5 Å². The van der Waals surface area contributed by atoms with Gasteiger partial charge in [-0.3, -0.25) is 0 Å². The van der Waals surface area contributed by atoms with Crippen LogP contribution in [0, 0.1) is 0 Å². The molecule has 26 heavy (non-hydrogen) atoms. The second kappa shape index (κ2) is 7.21. The van der Waals surface area contributed by atoms with E-state index in [1.165, 1.54) is 0 Å². The van der Waals surface area contributed by atoms with Crippen molar-refractivity contribution < 1.29 is 4.79 Å². The molecule has 1 saturated heterocycles. The van der Waals surface area contributed by atoms with Gasteiger partial charge in [0.15, 0.2) is 0 Å². The molecule has 4 N–H and O–H groups in total. The summed E-state index contributed by atoms with van der Waals surface area (Å²) in [5.41, 5.74) is 7.84. The summed E-state index contributed by atoms with van der Waals surface area (Å²) in [7, 11) is 0. The van der Waals surface area contributed by atoms with Crippen molar-refractivity contribution in [3.8, 4) is 11.4 Å². The van der Waals surface area contributed by atoms with Crippen molar-refractivity contribution in [3.63, 3.8) is 0 Å². The molecular formula is C18H21ClN6O. The highest BCUT2D eigenvalue weighted by molar-refractivity contribution is 6.33. The number of pyridine rings is 1. The Morgan fingerprint density at radius 1 is 1.38 bits per heavy atom. The van der Waals surface area contributed by atoms with Crippen LogP contribution >= 0.6 is 11.6 Å². The number of hydrogen-bond donors (Lipinski definition) is 3. The van der Waals surface area contributed by atoms with Crippen LogP contribution in [0.1, 0.15) is 13.8 Å². The summed E-state index contributed by atoms with van der Waals surface area (Å²) in [6.07, 6.45) is 2.46. The number of benzene rings is 1. The van der Waals surface area contributed by atoms with Crippen molar-refractivity contribution in [1.82, 2.24) is 20.3 Å². The number of halogens is 1. The number of aromatic amines is 1. The quantitative estimate of drug-likeness (QED) is 0.657. The molecule has 1 atom stereocenters. The highest BCUT2D eigenvalue weighted by Gasteiger charge is 2.25. The summed E-state index contributed by atoms with van der Waals surface area (Å²) in [6.45, 7) is 1.45. The number of carbonyl (C=O) groups is 1. The Bertz CT molecular complexity index is 907. The number of hydrogen-bond acceptors (Lipinski definition) is 4. The van der Waals surface area contributed by atoms with Gasteiger partial charge in [0.25, 0.3) is 0 Å². The average Bonchev–Trinajstić information content (AvgIpc) is 3.21. The smallest absolute Gasteiger partial charge is 0.312 e. The standard InChI is InChI=1S/C17H17ClN6O.CH4/c18-12-8-20-15(24-6-5-10(9-24)21-17(19)25)7-11(12)16-22-13-3-1-2-4-14(13)23-16;/h1-4,7-8,10H,5-6,9H2,(H,22,23)(H3,19,21,25);1H4. The average molecular weight is 373 g/mol. The van der Waals surface area contributed by atoms with Crippen molar-refractivity contribution in [2.75, 3.05) is 18.0 Å². The predicted octanol–water partition coefficient (Wildman–Crippen LogP) is 3.16. The minimum absolute atomic E-state index is 0. The van der Waals surface area contributed by atoms with Crippen LogP contribution in [-0.2, 0) is 0 Å². The van der Waals surface area contributed by atoms with Gasteiger partial charge >= 0.3 is 6.03 Å². The number of primary amides is 1. The third-order valence-corrected chi connectivity index (χ3v) is 4.65. The Labute approximate surface area is 156 Å². The van der Waals surface area contributed by atoms with E-state index < -0.39 is 6.03 Å². The topological polar surface area (TPSA) is 99.9 Å². The molecule has 0 radical (unpaired) electrons. The van der Waals surface area contributed by atoms with Crippen molar-refractivity contribution in [2.24, 2.45) is 5.73 Å². The summed E-state index contributed by atoms with van der Waals surface area (Å²) >= 11 is 6.35. The lowest BCUT2D eigenvalue weighted by molar-refractivity contribution is 0.246. The lowest BCUT2D eigenvalue weighted by Gasteiger charge is -2.18. The van der Waals surface area contributed by atoms with E-state index in [1.54, 1.807) is 6.20 Å². The largest absolute Gasteiger partial charge is 0.354 e. The Morgan fingerprint density at radius 2 is 2.19 bits per heavy atom. The van der Waals surface area contributed by atoms with Crippen LogP contribution in [0.4, 0.5) is 10.6 Å². The van der Waals surface area contributed by atoms with Crippen molar-refractivity contribution >= 4 is 34.5 Å². The minimum Gasteiger partial charge on any atom is -0.354 e. The Kier molecular flexibility index (Phi) is 4.99. The monoisotopic (exact) mass is 372 g/mol. The first kappa shape index (κ1) is 18.0. The summed E-state index contributed by atoms with van der Waals surface area (Å²) in [5, 5.41) is 3.28. The van der Waals surface area contributed by atoms with Crippen LogP contribution in [0.3, 0.4) is 0 Å². The fourth-order valence-corrected chi connectivity index (χ4v) is 3.34. The molecule has 1 aromatic carbocycles. The Hall–Kier alpha value is -2.80. The molecule has 1 fully saturated rings. The summed E-state index contributed by atoms with van der Waals surface area (Å²) in [5.74, 6) is 1.51. The lowest BCUT2D eigenvalue weighted by Crippen LogP contribution is -2.40. The van der Waals surface area contributed by atoms with Crippen LogP contribution in [0.5, 0.6) is 0 Å². The zero-order chi connectivity index (χ0) is 17.4. The van der Waals surface area contributed by atoms with Gasteiger partial charge in [0.2, 0.25) is 0 Å². The number of nitrogens with zero attached hydrogens (tertiary/aromatic N) is 3. The predicted molar refractivity (Wildman–Crippen MR) is 104 cm³/mol. The molecule has 3 aromatic rings. The molecule has 3 heterocycles. The number of aromatic nitrogens is 3. The molecule has 0 spiro atoms. The number of imidazole rings is 1. The number of para-hydroxylation sites is 2. The molecule has 2 amide bonds. The van der Waals surface area contributed by atoms with Crippen molar-refractivity contribution in [1.29, 1.82) is 0 Å². The molecule has 0 bridgehead atoms. The van der Waals surface area contributed by atoms with Crippen LogP contribution in [0.2, 0.25) is 5.02 Å². The second-order valence-electron chi connectivity index (χ2n) is 6.07. The van der Waals surface area contributed by atoms with Crippen LogP contribution < -0.4 is 16.0 Å². The van der Waals surface area contributed by atoms with E-state index in [1.807, 2.05) is 30.3 Å². The molecule has 136 valence electrons. The highest BCUT2D eigenvalue weighted by atomic mass is 35.5. The molecule has 1 aliphatic heterocycles. The molecule has 0 saturated carbocycles. The zero-order valence-electron chi connectivity index (χ0n) is 13.4. The van der Waals surface area contributed by atoms with Gasteiger partial charge in [-0.05, 0) is 24.6 Å². The number of carbonyl (C=O) groups excluding carboxylic acids is 1. The fraction of sp³-hybridized carbons (Fsp3) is 0.278. The maximum absolute atomic E-state index is 11.0. The fourth-order valence-electron chi connectivity index (χ4n) is 3.15. The van der Waals surface area contributed by atoms with E-state index in [0.29, 0.717) is 17.4 Å². The number of rotatable bonds is 3. The first-order valence-electron chi connectivity index (χ1n) is 8.02. The van der Waals surface area contributed by atoms with E-state index in [4.69, 9.17) is 17.3 Å². The van der Waals surface area contributed by atoms with Crippen LogP contribution in [0.25, 0.3) is 22.4 Å². The van der Waals surface area contributed by atoms with Gasteiger partial charge in [0.05, 0.1) is 16.1 Å². The number of H-pyrrole nitrogens is 1. The van der Waals surface area contributed by atoms with Gasteiger partial charge < -0.3 is 20.9 Å². The van der Waals surface area contributed by atoms with Gasteiger partial charge in [-0.25, -0.2) is 14.8 Å². The molecule has 0 aliphatic carbocycles. The number of anilines is 1.